The van der Waals surface area contributed by atoms with E-state index in [1.165, 1.54) is 24.8 Å². The van der Waals surface area contributed by atoms with Crippen molar-refractivity contribution in [2.24, 2.45) is 0 Å². The second kappa shape index (κ2) is 5.12. The van der Waals surface area contributed by atoms with E-state index in [0.29, 0.717) is 11.5 Å². The molecule has 0 radical (unpaired) electrons. The third kappa shape index (κ3) is 2.29. The number of carbonyl (C=O) groups is 1. The normalized spacial score (nSPS) is 23.5. The molecule has 1 aliphatic heterocycles. The molecule has 2 N–H and O–H groups in total. The van der Waals surface area contributed by atoms with Gasteiger partial charge in [0.1, 0.15) is 5.76 Å². The topological polar surface area (TPSA) is 49.3 Å². The van der Waals surface area contributed by atoms with E-state index in [9.17, 15) is 9.90 Å². The van der Waals surface area contributed by atoms with Gasteiger partial charge in [-0.3, -0.25) is 4.79 Å². The van der Waals surface area contributed by atoms with E-state index in [-0.39, 0.29) is 11.7 Å². The Morgan fingerprint density at radius 2 is 1.70 bits per heavy atom. The van der Waals surface area contributed by atoms with E-state index in [1.54, 1.807) is 0 Å². The molecule has 3 heteroatoms. The predicted molar refractivity (Wildman–Crippen MR) is 91.4 cm³/mol. The van der Waals surface area contributed by atoms with Crippen LogP contribution in [0.5, 0.6) is 0 Å². The lowest BCUT2D eigenvalue weighted by molar-refractivity contribution is -0.116. The molecule has 2 saturated carbocycles. The molecule has 23 heavy (non-hydrogen) atoms. The van der Waals surface area contributed by atoms with Gasteiger partial charge in [0.15, 0.2) is 0 Å². The Bertz CT molecular complexity index is 683. The van der Waals surface area contributed by atoms with Gasteiger partial charge in [-0.15, -0.1) is 0 Å². The molecule has 0 bridgehead atoms. The molecule has 1 aromatic carbocycles. The first-order valence-corrected chi connectivity index (χ1v) is 8.89. The maximum Gasteiger partial charge on any atom is 0.256 e. The van der Waals surface area contributed by atoms with Crippen molar-refractivity contribution in [3.63, 3.8) is 0 Å². The fraction of sp³-hybridized carbons (Fsp3) is 0.550. The summed E-state index contributed by atoms with van der Waals surface area (Å²) in [5.74, 6) is 0.883. The molecular weight excluding hydrogens is 286 g/mol. The highest BCUT2D eigenvalue weighted by Gasteiger charge is 2.46. The number of amides is 1. The van der Waals surface area contributed by atoms with Crippen LogP contribution < -0.4 is 5.32 Å². The van der Waals surface area contributed by atoms with Gasteiger partial charge in [-0.05, 0) is 67.7 Å². The van der Waals surface area contributed by atoms with Crippen LogP contribution >= 0.6 is 0 Å². The van der Waals surface area contributed by atoms with E-state index in [1.807, 2.05) is 0 Å². The summed E-state index contributed by atoms with van der Waals surface area (Å²) >= 11 is 0. The van der Waals surface area contributed by atoms with Gasteiger partial charge >= 0.3 is 0 Å². The second-order valence-corrected chi connectivity index (χ2v) is 7.62. The van der Waals surface area contributed by atoms with Crippen molar-refractivity contribution in [3.8, 4) is 0 Å². The maximum atomic E-state index is 12.7. The first kappa shape index (κ1) is 14.8. The Kier molecular flexibility index (Phi) is 3.29. The number of hydrogen-bond acceptors (Lipinski definition) is 2. The molecule has 122 valence electrons. The molecule has 3 nitrogen and oxygen atoms in total. The summed E-state index contributed by atoms with van der Waals surface area (Å²) < 4.78 is 0. The van der Waals surface area contributed by atoms with Crippen molar-refractivity contribution in [2.75, 3.05) is 0 Å². The highest BCUT2D eigenvalue weighted by molar-refractivity contribution is 6.24. The highest BCUT2D eigenvalue weighted by atomic mass is 16.3. The maximum absolute atomic E-state index is 12.7. The number of aryl methyl sites for hydroxylation is 2. The van der Waals surface area contributed by atoms with Crippen molar-refractivity contribution < 1.29 is 9.90 Å². The Balaban J connectivity index is 1.81. The molecule has 2 aliphatic carbocycles. The summed E-state index contributed by atoms with van der Waals surface area (Å²) in [7, 11) is 0. The van der Waals surface area contributed by atoms with Crippen molar-refractivity contribution in [2.45, 2.75) is 70.3 Å². The van der Waals surface area contributed by atoms with Crippen LogP contribution in [-0.2, 0) is 4.79 Å². The van der Waals surface area contributed by atoms with Gasteiger partial charge < -0.3 is 10.4 Å². The van der Waals surface area contributed by atoms with Gasteiger partial charge in [0, 0.05) is 0 Å². The summed E-state index contributed by atoms with van der Waals surface area (Å²) in [5, 5.41) is 14.0. The van der Waals surface area contributed by atoms with Gasteiger partial charge in [0.2, 0.25) is 0 Å². The minimum Gasteiger partial charge on any atom is -0.509 e. The zero-order valence-electron chi connectivity index (χ0n) is 14.0. The standard InChI is InChI=1S/C20H25NO2/c1-12-10-15(14-6-7-14)11-13(2)16(12)17-18(22)20(21-19(17)23)8-4-3-5-9-20/h10-11,14,22H,3-9H2,1-2H3,(H,21,23). The first-order valence-electron chi connectivity index (χ1n) is 8.89. The summed E-state index contributed by atoms with van der Waals surface area (Å²) in [6.07, 6.45) is 7.57. The number of aliphatic hydroxyl groups is 1. The van der Waals surface area contributed by atoms with Crippen LogP contribution in [0, 0.1) is 13.8 Å². The van der Waals surface area contributed by atoms with Gasteiger partial charge in [-0.1, -0.05) is 31.4 Å². The Morgan fingerprint density at radius 1 is 1.09 bits per heavy atom. The SMILES string of the molecule is Cc1cc(C2CC2)cc(C)c1C1=C(O)C2(CCCCC2)NC1=O. The van der Waals surface area contributed by atoms with Crippen molar-refractivity contribution >= 4 is 11.5 Å². The van der Waals surface area contributed by atoms with Gasteiger partial charge in [0.25, 0.3) is 5.91 Å². The van der Waals surface area contributed by atoms with Crippen molar-refractivity contribution in [1.29, 1.82) is 0 Å². The van der Waals surface area contributed by atoms with Crippen molar-refractivity contribution in [1.82, 2.24) is 5.32 Å². The number of benzene rings is 1. The summed E-state index contributed by atoms with van der Waals surface area (Å²) in [6.45, 7) is 4.13. The highest BCUT2D eigenvalue weighted by Crippen LogP contribution is 2.45. The van der Waals surface area contributed by atoms with Crippen LogP contribution in [-0.4, -0.2) is 16.6 Å². The van der Waals surface area contributed by atoms with Crippen LogP contribution in [0.3, 0.4) is 0 Å². The molecular formula is C20H25NO2. The third-order valence-corrected chi connectivity index (χ3v) is 5.83. The third-order valence-electron chi connectivity index (χ3n) is 5.83. The lowest BCUT2D eigenvalue weighted by atomic mass is 9.80. The molecule has 3 aliphatic rings. The largest absolute Gasteiger partial charge is 0.509 e. The van der Waals surface area contributed by atoms with Crippen LogP contribution in [0.2, 0.25) is 0 Å². The van der Waals surface area contributed by atoms with Gasteiger partial charge in [0.05, 0.1) is 11.1 Å². The molecule has 1 amide bonds. The van der Waals surface area contributed by atoms with Crippen LogP contribution in [0.15, 0.2) is 17.9 Å². The summed E-state index contributed by atoms with van der Waals surface area (Å²) in [5.41, 5.74) is 4.55. The van der Waals surface area contributed by atoms with E-state index >= 15 is 0 Å². The van der Waals surface area contributed by atoms with Crippen LogP contribution in [0.4, 0.5) is 0 Å². The monoisotopic (exact) mass is 311 g/mol. The zero-order valence-corrected chi connectivity index (χ0v) is 14.0. The fourth-order valence-corrected chi connectivity index (χ4v) is 4.48. The van der Waals surface area contributed by atoms with E-state index in [0.717, 1.165) is 42.4 Å². The smallest absolute Gasteiger partial charge is 0.256 e. The zero-order chi connectivity index (χ0) is 16.2. The quantitative estimate of drug-likeness (QED) is 0.856. The molecule has 0 atom stereocenters. The Labute approximate surface area is 137 Å². The lowest BCUT2D eigenvalue weighted by Crippen LogP contribution is -2.46. The molecule has 4 rings (SSSR count). The average Bonchev–Trinajstić information content (AvgIpc) is 3.32. The molecule has 1 spiro atoms. The first-order chi connectivity index (χ1) is 11.0. The van der Waals surface area contributed by atoms with Gasteiger partial charge in [-0.2, -0.15) is 0 Å². The predicted octanol–water partition coefficient (Wildman–Crippen LogP) is 4.28. The molecule has 0 saturated heterocycles. The molecule has 0 aromatic heterocycles. The molecule has 2 fully saturated rings. The molecule has 0 unspecified atom stereocenters. The van der Waals surface area contributed by atoms with E-state index in [4.69, 9.17) is 0 Å². The van der Waals surface area contributed by atoms with Crippen LogP contribution in [0.1, 0.15) is 73.1 Å². The average molecular weight is 311 g/mol. The number of hydrogen-bond donors (Lipinski definition) is 2. The van der Waals surface area contributed by atoms with Crippen LogP contribution in [0.25, 0.3) is 5.57 Å². The number of carbonyl (C=O) groups excluding carboxylic acids is 1. The Morgan fingerprint density at radius 3 is 2.26 bits per heavy atom. The molecule has 1 aromatic rings. The van der Waals surface area contributed by atoms with Crippen molar-refractivity contribution in [3.05, 3.63) is 40.1 Å². The minimum atomic E-state index is -0.501. The Hall–Kier alpha value is -1.77. The lowest BCUT2D eigenvalue weighted by Gasteiger charge is -2.33. The number of aliphatic hydroxyl groups excluding tert-OH is 1. The number of nitrogens with one attached hydrogen (secondary N) is 1. The molecule has 1 heterocycles. The number of rotatable bonds is 2. The second-order valence-electron chi connectivity index (χ2n) is 7.62. The van der Waals surface area contributed by atoms with E-state index < -0.39 is 5.54 Å². The fourth-order valence-electron chi connectivity index (χ4n) is 4.48. The van der Waals surface area contributed by atoms with Gasteiger partial charge in [-0.25, -0.2) is 0 Å². The summed E-state index contributed by atoms with van der Waals surface area (Å²) in [4.78, 5) is 12.7. The summed E-state index contributed by atoms with van der Waals surface area (Å²) in [6, 6.07) is 4.42. The minimum absolute atomic E-state index is 0.102. The van der Waals surface area contributed by atoms with E-state index in [2.05, 4.69) is 31.3 Å².